The predicted molar refractivity (Wildman–Crippen MR) is 92.5 cm³/mol. The molecule has 7 heteroatoms. The number of fused-ring (bicyclic) bond motifs is 1. The first-order chi connectivity index (χ1) is 11.2. The van der Waals surface area contributed by atoms with Gasteiger partial charge in [-0.05, 0) is 30.3 Å². The van der Waals surface area contributed by atoms with E-state index in [1.54, 1.807) is 31.5 Å². The largest absolute Gasteiger partial charge is 0.495 e. The maximum atomic E-state index is 12.1. The zero-order valence-electron chi connectivity index (χ0n) is 12.3. The predicted octanol–water partition coefficient (Wildman–Crippen LogP) is 3.73. The van der Waals surface area contributed by atoms with Gasteiger partial charge in [0.05, 0.1) is 29.6 Å². The first-order valence-electron chi connectivity index (χ1n) is 6.85. The van der Waals surface area contributed by atoms with Crippen LogP contribution in [0.1, 0.15) is 0 Å². The number of imidazole rings is 1. The van der Waals surface area contributed by atoms with Gasteiger partial charge in [0.2, 0.25) is 5.91 Å². The third-order valence-electron chi connectivity index (χ3n) is 3.17. The van der Waals surface area contributed by atoms with E-state index in [4.69, 9.17) is 16.3 Å². The molecular formula is C16H14ClN3O2S. The third-order valence-corrected chi connectivity index (χ3v) is 4.43. The average molecular weight is 348 g/mol. The minimum absolute atomic E-state index is 0.121. The molecule has 0 atom stereocenters. The molecule has 118 valence electrons. The van der Waals surface area contributed by atoms with E-state index in [9.17, 15) is 4.79 Å². The summed E-state index contributed by atoms with van der Waals surface area (Å²) in [7, 11) is 1.55. The van der Waals surface area contributed by atoms with E-state index in [1.807, 2.05) is 28.8 Å². The number of carbonyl (C=O) groups is 1. The zero-order valence-corrected chi connectivity index (χ0v) is 13.9. The van der Waals surface area contributed by atoms with Gasteiger partial charge in [-0.15, -0.1) is 0 Å². The molecular weight excluding hydrogens is 334 g/mol. The average Bonchev–Trinajstić information content (AvgIpc) is 2.96. The van der Waals surface area contributed by atoms with Gasteiger partial charge in [0.1, 0.15) is 5.75 Å². The van der Waals surface area contributed by atoms with Crippen LogP contribution < -0.4 is 10.1 Å². The standard InChI is InChI=1S/C16H14ClN3O2S/c1-22-14-6-5-11(8-13(14)17)19-15(21)10-23-16-18-9-12-4-2-3-7-20(12)16/h2-9H,10H2,1H3,(H,19,21). The van der Waals surface area contributed by atoms with Gasteiger partial charge < -0.3 is 10.1 Å². The summed E-state index contributed by atoms with van der Waals surface area (Å²) < 4.78 is 7.03. The number of halogens is 1. The van der Waals surface area contributed by atoms with Crippen LogP contribution in [-0.2, 0) is 4.79 Å². The number of thioether (sulfide) groups is 1. The van der Waals surface area contributed by atoms with Crippen molar-refractivity contribution in [3.63, 3.8) is 0 Å². The highest BCUT2D eigenvalue weighted by atomic mass is 35.5. The Hall–Kier alpha value is -2.18. The lowest BCUT2D eigenvalue weighted by atomic mass is 10.3. The second-order valence-electron chi connectivity index (χ2n) is 4.72. The Balaban J connectivity index is 1.62. The Kier molecular flexibility index (Phi) is 4.73. The van der Waals surface area contributed by atoms with E-state index in [2.05, 4.69) is 10.3 Å². The lowest BCUT2D eigenvalue weighted by Crippen LogP contribution is -2.14. The van der Waals surface area contributed by atoms with Crippen LogP contribution in [0.3, 0.4) is 0 Å². The fourth-order valence-corrected chi connectivity index (χ4v) is 3.12. The van der Waals surface area contributed by atoms with Crippen LogP contribution in [0.5, 0.6) is 5.75 Å². The van der Waals surface area contributed by atoms with E-state index in [-0.39, 0.29) is 11.7 Å². The topological polar surface area (TPSA) is 55.6 Å². The van der Waals surface area contributed by atoms with Crippen LogP contribution in [0.2, 0.25) is 5.02 Å². The van der Waals surface area contributed by atoms with Crippen molar-refractivity contribution in [3.05, 3.63) is 53.8 Å². The van der Waals surface area contributed by atoms with E-state index >= 15 is 0 Å². The maximum Gasteiger partial charge on any atom is 0.234 e. The molecule has 0 radical (unpaired) electrons. The molecule has 0 saturated carbocycles. The number of anilines is 1. The van der Waals surface area contributed by atoms with E-state index in [0.717, 1.165) is 10.7 Å². The molecule has 23 heavy (non-hydrogen) atoms. The number of aromatic nitrogens is 2. The molecule has 1 N–H and O–H groups in total. The highest BCUT2D eigenvalue weighted by Gasteiger charge is 2.09. The molecule has 0 fully saturated rings. The summed E-state index contributed by atoms with van der Waals surface area (Å²) in [4.78, 5) is 16.4. The summed E-state index contributed by atoms with van der Waals surface area (Å²) in [5.74, 6) is 0.712. The molecule has 0 aliphatic carbocycles. The number of benzene rings is 1. The Morgan fingerprint density at radius 3 is 3.04 bits per heavy atom. The Labute approximate surface area is 142 Å². The molecule has 3 rings (SSSR count). The fourth-order valence-electron chi connectivity index (χ4n) is 2.10. The van der Waals surface area contributed by atoms with Gasteiger partial charge in [-0.25, -0.2) is 4.98 Å². The second kappa shape index (κ2) is 6.93. The SMILES string of the molecule is COc1ccc(NC(=O)CSc2ncc3ccccn23)cc1Cl. The summed E-state index contributed by atoms with van der Waals surface area (Å²) in [6.07, 6.45) is 3.70. The minimum Gasteiger partial charge on any atom is -0.495 e. The normalized spacial score (nSPS) is 10.7. The van der Waals surface area contributed by atoms with Gasteiger partial charge in [-0.1, -0.05) is 29.4 Å². The lowest BCUT2D eigenvalue weighted by molar-refractivity contribution is -0.113. The number of amides is 1. The Bertz CT molecular complexity index is 850. The van der Waals surface area contributed by atoms with Crippen LogP contribution in [-0.4, -0.2) is 28.2 Å². The van der Waals surface area contributed by atoms with Crippen molar-refractivity contribution in [3.8, 4) is 5.75 Å². The van der Waals surface area contributed by atoms with Crippen molar-refractivity contribution in [2.45, 2.75) is 5.16 Å². The number of nitrogens with zero attached hydrogens (tertiary/aromatic N) is 2. The van der Waals surface area contributed by atoms with Gasteiger partial charge in [-0.2, -0.15) is 0 Å². The number of methoxy groups -OCH3 is 1. The summed E-state index contributed by atoms with van der Waals surface area (Å²) in [5.41, 5.74) is 1.63. The maximum absolute atomic E-state index is 12.1. The zero-order chi connectivity index (χ0) is 16.2. The summed E-state index contributed by atoms with van der Waals surface area (Å²) in [6, 6.07) is 11.0. The fraction of sp³-hybridized carbons (Fsp3) is 0.125. The van der Waals surface area contributed by atoms with Crippen molar-refractivity contribution in [1.29, 1.82) is 0 Å². The molecule has 0 aliphatic rings. The number of nitrogens with one attached hydrogen (secondary N) is 1. The van der Waals surface area contributed by atoms with E-state index < -0.39 is 0 Å². The van der Waals surface area contributed by atoms with Crippen molar-refractivity contribution < 1.29 is 9.53 Å². The summed E-state index contributed by atoms with van der Waals surface area (Å²) >= 11 is 7.42. The molecule has 0 aliphatic heterocycles. The van der Waals surface area contributed by atoms with Crippen LogP contribution in [0.25, 0.3) is 5.52 Å². The highest BCUT2D eigenvalue weighted by molar-refractivity contribution is 7.99. The molecule has 2 aromatic heterocycles. The lowest BCUT2D eigenvalue weighted by Gasteiger charge is -2.07. The number of rotatable bonds is 5. The molecule has 0 saturated heterocycles. The van der Waals surface area contributed by atoms with Gasteiger partial charge in [-0.3, -0.25) is 9.20 Å². The van der Waals surface area contributed by atoms with Gasteiger partial charge >= 0.3 is 0 Å². The van der Waals surface area contributed by atoms with Crippen LogP contribution in [0, 0.1) is 0 Å². The first-order valence-corrected chi connectivity index (χ1v) is 8.22. The van der Waals surface area contributed by atoms with Gasteiger partial charge in [0, 0.05) is 11.9 Å². The number of pyridine rings is 1. The van der Waals surface area contributed by atoms with Crippen molar-refractivity contribution in [2.75, 3.05) is 18.2 Å². The molecule has 2 heterocycles. The van der Waals surface area contributed by atoms with Crippen molar-refractivity contribution >= 4 is 40.5 Å². The number of ether oxygens (including phenoxy) is 1. The van der Waals surface area contributed by atoms with E-state index in [0.29, 0.717) is 16.5 Å². The summed E-state index contributed by atoms with van der Waals surface area (Å²) in [5, 5.41) is 4.04. The molecule has 5 nitrogen and oxygen atoms in total. The Morgan fingerprint density at radius 2 is 2.26 bits per heavy atom. The quantitative estimate of drug-likeness (QED) is 0.714. The monoisotopic (exact) mass is 347 g/mol. The molecule has 1 aromatic carbocycles. The molecule has 3 aromatic rings. The molecule has 0 bridgehead atoms. The first kappa shape index (κ1) is 15.7. The van der Waals surface area contributed by atoms with Crippen molar-refractivity contribution in [1.82, 2.24) is 9.38 Å². The van der Waals surface area contributed by atoms with E-state index in [1.165, 1.54) is 11.8 Å². The summed E-state index contributed by atoms with van der Waals surface area (Å²) in [6.45, 7) is 0. The van der Waals surface area contributed by atoms with Gasteiger partial charge in [0.15, 0.2) is 5.16 Å². The van der Waals surface area contributed by atoms with Crippen molar-refractivity contribution in [2.24, 2.45) is 0 Å². The molecule has 1 amide bonds. The van der Waals surface area contributed by atoms with Gasteiger partial charge in [0.25, 0.3) is 0 Å². The second-order valence-corrected chi connectivity index (χ2v) is 6.07. The van der Waals surface area contributed by atoms with Crippen LogP contribution in [0.4, 0.5) is 5.69 Å². The highest BCUT2D eigenvalue weighted by Crippen LogP contribution is 2.27. The molecule has 0 unspecified atom stereocenters. The van der Waals surface area contributed by atoms with Crippen LogP contribution >= 0.6 is 23.4 Å². The number of hydrogen-bond donors (Lipinski definition) is 1. The third kappa shape index (κ3) is 3.60. The molecule has 0 spiro atoms. The van der Waals surface area contributed by atoms with Crippen LogP contribution in [0.15, 0.2) is 53.9 Å². The minimum atomic E-state index is -0.121. The smallest absolute Gasteiger partial charge is 0.234 e. The number of hydrogen-bond acceptors (Lipinski definition) is 4. The number of carbonyl (C=O) groups excluding carboxylic acids is 1. The Morgan fingerprint density at radius 1 is 1.39 bits per heavy atom.